The lowest BCUT2D eigenvalue weighted by molar-refractivity contribution is -0.144. The molecule has 2 saturated heterocycles. The quantitative estimate of drug-likeness (QED) is 0.718. The Morgan fingerprint density at radius 2 is 2.00 bits per heavy atom. The largest absolute Gasteiger partial charge is 0.383 e. The summed E-state index contributed by atoms with van der Waals surface area (Å²) in [6, 6.07) is 10.2. The van der Waals surface area contributed by atoms with E-state index in [2.05, 4.69) is 17.0 Å². The second kappa shape index (κ2) is 9.52. The number of methoxy groups -OCH3 is 1. The standard InChI is InChI=1S/C22H33N3O3/c1-23(15-19-7-4-3-5-8-19)16-21(27)24-12-6-10-22(17-24)11-9-20(26)25(18-22)13-14-28-2/h3-5,7-8H,6,9-18H2,1-2H3/t22-/m1/s1. The molecule has 0 aliphatic carbocycles. The predicted octanol–water partition coefficient (Wildman–Crippen LogP) is 2.00. The van der Waals surface area contributed by atoms with Crippen molar-refractivity contribution < 1.29 is 14.3 Å². The Kier molecular flexibility index (Phi) is 7.08. The summed E-state index contributed by atoms with van der Waals surface area (Å²) in [5.41, 5.74) is 1.26. The van der Waals surface area contributed by atoms with Gasteiger partial charge in [-0.25, -0.2) is 0 Å². The maximum Gasteiger partial charge on any atom is 0.236 e. The van der Waals surface area contributed by atoms with Gasteiger partial charge < -0.3 is 14.5 Å². The molecule has 0 radical (unpaired) electrons. The van der Waals surface area contributed by atoms with Gasteiger partial charge in [0.1, 0.15) is 0 Å². The third-order valence-electron chi connectivity index (χ3n) is 6.03. The van der Waals surface area contributed by atoms with Crippen molar-refractivity contribution >= 4 is 11.8 Å². The van der Waals surface area contributed by atoms with Gasteiger partial charge in [-0.2, -0.15) is 0 Å². The Hall–Kier alpha value is -1.92. The highest BCUT2D eigenvalue weighted by Gasteiger charge is 2.42. The van der Waals surface area contributed by atoms with Gasteiger partial charge in [0, 0.05) is 51.7 Å². The van der Waals surface area contributed by atoms with Crippen molar-refractivity contribution in [1.29, 1.82) is 0 Å². The predicted molar refractivity (Wildman–Crippen MR) is 109 cm³/mol. The van der Waals surface area contributed by atoms with Crippen LogP contribution in [0.3, 0.4) is 0 Å². The highest BCUT2D eigenvalue weighted by atomic mass is 16.5. The van der Waals surface area contributed by atoms with E-state index in [-0.39, 0.29) is 17.2 Å². The molecule has 154 valence electrons. The Labute approximate surface area is 168 Å². The van der Waals surface area contributed by atoms with E-state index in [4.69, 9.17) is 4.74 Å². The lowest BCUT2D eigenvalue weighted by Crippen LogP contribution is -2.56. The fourth-order valence-corrected chi connectivity index (χ4v) is 4.54. The van der Waals surface area contributed by atoms with Crippen molar-refractivity contribution in [2.24, 2.45) is 5.41 Å². The molecule has 2 heterocycles. The third-order valence-corrected chi connectivity index (χ3v) is 6.03. The molecule has 0 bridgehead atoms. The number of likely N-dealkylation sites (N-methyl/N-ethyl adjacent to an activating group) is 1. The number of carbonyl (C=O) groups excluding carboxylic acids is 2. The molecule has 1 aromatic rings. The van der Waals surface area contributed by atoms with E-state index in [1.807, 2.05) is 35.0 Å². The fraction of sp³-hybridized carbons (Fsp3) is 0.636. The average molecular weight is 388 g/mol. The molecule has 28 heavy (non-hydrogen) atoms. The molecule has 2 amide bonds. The van der Waals surface area contributed by atoms with Crippen LogP contribution in [0, 0.1) is 5.41 Å². The Morgan fingerprint density at radius 3 is 2.75 bits per heavy atom. The van der Waals surface area contributed by atoms with Gasteiger partial charge in [-0.05, 0) is 31.9 Å². The van der Waals surface area contributed by atoms with Gasteiger partial charge in [0.2, 0.25) is 11.8 Å². The summed E-state index contributed by atoms with van der Waals surface area (Å²) >= 11 is 0. The number of nitrogens with zero attached hydrogens (tertiary/aromatic N) is 3. The molecule has 2 fully saturated rings. The van der Waals surface area contributed by atoms with E-state index < -0.39 is 0 Å². The van der Waals surface area contributed by atoms with Crippen molar-refractivity contribution in [1.82, 2.24) is 14.7 Å². The molecule has 3 rings (SSSR count). The monoisotopic (exact) mass is 387 g/mol. The molecule has 0 N–H and O–H groups in total. The number of likely N-dealkylation sites (tertiary alicyclic amines) is 2. The van der Waals surface area contributed by atoms with Gasteiger partial charge >= 0.3 is 0 Å². The van der Waals surface area contributed by atoms with Crippen LogP contribution in [0.25, 0.3) is 0 Å². The summed E-state index contributed by atoms with van der Waals surface area (Å²) in [7, 11) is 3.66. The third kappa shape index (κ3) is 5.32. The first-order valence-electron chi connectivity index (χ1n) is 10.3. The molecule has 0 unspecified atom stereocenters. The molecule has 6 heteroatoms. The van der Waals surface area contributed by atoms with Crippen molar-refractivity contribution in [3.8, 4) is 0 Å². The Balaban J connectivity index is 1.56. The van der Waals surface area contributed by atoms with Crippen LogP contribution < -0.4 is 0 Å². The van der Waals surface area contributed by atoms with Crippen LogP contribution in [-0.4, -0.2) is 80.0 Å². The molecule has 0 aromatic heterocycles. The zero-order valence-electron chi connectivity index (χ0n) is 17.2. The number of amides is 2. The number of carbonyl (C=O) groups is 2. The van der Waals surface area contributed by atoms with Gasteiger partial charge in [0.25, 0.3) is 0 Å². The molecule has 1 aromatic carbocycles. The summed E-state index contributed by atoms with van der Waals surface area (Å²) in [5.74, 6) is 0.409. The topological polar surface area (TPSA) is 53.1 Å². The van der Waals surface area contributed by atoms with Crippen LogP contribution in [0.2, 0.25) is 0 Å². The minimum atomic E-state index is 0.0492. The Morgan fingerprint density at radius 1 is 1.21 bits per heavy atom. The first kappa shape index (κ1) is 20.8. The van der Waals surface area contributed by atoms with Gasteiger partial charge in [-0.1, -0.05) is 30.3 Å². The van der Waals surface area contributed by atoms with Crippen LogP contribution in [0.5, 0.6) is 0 Å². The van der Waals surface area contributed by atoms with Crippen molar-refractivity contribution in [2.75, 3.05) is 53.5 Å². The zero-order chi connectivity index (χ0) is 20.0. The molecule has 6 nitrogen and oxygen atoms in total. The van der Waals surface area contributed by atoms with Gasteiger partial charge in [-0.15, -0.1) is 0 Å². The maximum atomic E-state index is 12.9. The van der Waals surface area contributed by atoms with Gasteiger partial charge in [0.15, 0.2) is 0 Å². The van der Waals surface area contributed by atoms with Crippen LogP contribution in [-0.2, 0) is 20.9 Å². The van der Waals surface area contributed by atoms with Crippen molar-refractivity contribution in [2.45, 2.75) is 32.2 Å². The average Bonchev–Trinajstić information content (AvgIpc) is 2.69. The lowest BCUT2D eigenvalue weighted by Gasteiger charge is -2.48. The van der Waals surface area contributed by atoms with Crippen LogP contribution in [0.4, 0.5) is 0 Å². The molecule has 0 saturated carbocycles. The van der Waals surface area contributed by atoms with E-state index in [0.29, 0.717) is 26.1 Å². The number of benzene rings is 1. The fourth-order valence-electron chi connectivity index (χ4n) is 4.54. The smallest absolute Gasteiger partial charge is 0.236 e. The molecule has 2 aliphatic heterocycles. The highest BCUT2D eigenvalue weighted by molar-refractivity contribution is 5.79. The first-order valence-corrected chi connectivity index (χ1v) is 10.3. The number of rotatable bonds is 7. The van der Waals surface area contributed by atoms with Gasteiger partial charge in [0.05, 0.1) is 13.2 Å². The van der Waals surface area contributed by atoms with Gasteiger partial charge in [-0.3, -0.25) is 14.5 Å². The SMILES string of the molecule is COCCN1C[C@]2(CCCN(C(=O)CN(C)Cc3ccccc3)C2)CCC1=O. The number of ether oxygens (including phenoxy) is 1. The Bertz CT molecular complexity index is 666. The lowest BCUT2D eigenvalue weighted by atomic mass is 9.73. The van der Waals surface area contributed by atoms with E-state index in [0.717, 1.165) is 45.4 Å². The molecule has 1 spiro atoms. The molecular formula is C22H33N3O3. The molecule has 2 aliphatic rings. The second-order valence-electron chi connectivity index (χ2n) is 8.38. The summed E-state index contributed by atoms with van der Waals surface area (Å²) in [5, 5.41) is 0. The van der Waals surface area contributed by atoms with Crippen LogP contribution in [0.1, 0.15) is 31.2 Å². The summed E-state index contributed by atoms with van der Waals surface area (Å²) in [4.78, 5) is 31.2. The summed E-state index contributed by atoms with van der Waals surface area (Å²) in [6.07, 6.45) is 3.58. The minimum Gasteiger partial charge on any atom is -0.383 e. The second-order valence-corrected chi connectivity index (χ2v) is 8.38. The summed E-state index contributed by atoms with van der Waals surface area (Å²) < 4.78 is 5.16. The highest BCUT2D eigenvalue weighted by Crippen LogP contribution is 2.38. The number of piperidine rings is 2. The zero-order valence-corrected chi connectivity index (χ0v) is 17.2. The van der Waals surface area contributed by atoms with Crippen molar-refractivity contribution in [3.63, 3.8) is 0 Å². The first-order chi connectivity index (χ1) is 13.5. The number of hydrogen-bond donors (Lipinski definition) is 0. The molecular weight excluding hydrogens is 354 g/mol. The van der Waals surface area contributed by atoms with E-state index in [1.165, 1.54) is 5.56 Å². The minimum absolute atomic E-state index is 0.0492. The van der Waals surface area contributed by atoms with Crippen LogP contribution >= 0.6 is 0 Å². The van der Waals surface area contributed by atoms with E-state index in [9.17, 15) is 9.59 Å². The van der Waals surface area contributed by atoms with Crippen molar-refractivity contribution in [3.05, 3.63) is 35.9 Å². The van der Waals surface area contributed by atoms with Crippen LogP contribution in [0.15, 0.2) is 30.3 Å². The molecule has 1 atom stereocenters. The van der Waals surface area contributed by atoms with E-state index >= 15 is 0 Å². The van der Waals surface area contributed by atoms with E-state index in [1.54, 1.807) is 7.11 Å². The number of hydrogen-bond acceptors (Lipinski definition) is 4. The summed E-state index contributed by atoms with van der Waals surface area (Å²) in [6.45, 7) is 4.74. The normalized spacial score (nSPS) is 22.9. The maximum absolute atomic E-state index is 12.9.